The van der Waals surface area contributed by atoms with Crippen molar-refractivity contribution < 1.29 is 0 Å². The molecule has 16 heavy (non-hydrogen) atoms. The summed E-state index contributed by atoms with van der Waals surface area (Å²) in [4.78, 5) is 0. The zero-order chi connectivity index (χ0) is 11.4. The predicted octanol–water partition coefficient (Wildman–Crippen LogP) is 3.35. The van der Waals surface area contributed by atoms with Crippen molar-refractivity contribution in [2.24, 2.45) is 5.92 Å². The first kappa shape index (κ1) is 11.7. The van der Waals surface area contributed by atoms with Gasteiger partial charge in [-0.05, 0) is 55.3 Å². The summed E-state index contributed by atoms with van der Waals surface area (Å²) in [7, 11) is 0. The molecule has 1 nitrogen and oxygen atoms in total. The second kappa shape index (κ2) is 5.49. The molecule has 2 rings (SSSR count). The van der Waals surface area contributed by atoms with E-state index in [0.717, 1.165) is 12.3 Å². The van der Waals surface area contributed by atoms with Gasteiger partial charge in [0, 0.05) is 0 Å². The SMILES string of the molecule is CCc1cccc(C(C)C2CCNCC2)c1. The van der Waals surface area contributed by atoms with Crippen LogP contribution in [0.4, 0.5) is 0 Å². The Labute approximate surface area is 99.3 Å². The second-order valence-electron chi connectivity index (χ2n) is 4.97. The summed E-state index contributed by atoms with van der Waals surface area (Å²) < 4.78 is 0. The largest absolute Gasteiger partial charge is 0.317 e. The van der Waals surface area contributed by atoms with E-state index in [2.05, 4.69) is 43.4 Å². The highest BCUT2D eigenvalue weighted by Crippen LogP contribution is 2.30. The summed E-state index contributed by atoms with van der Waals surface area (Å²) in [6.45, 7) is 7.02. The number of hydrogen-bond donors (Lipinski definition) is 1. The molecule has 0 radical (unpaired) electrons. The smallest absolute Gasteiger partial charge is 0.00461 e. The molecule has 0 amide bonds. The number of nitrogens with one attached hydrogen (secondary N) is 1. The van der Waals surface area contributed by atoms with Crippen LogP contribution >= 0.6 is 0 Å². The normalized spacial score (nSPS) is 19.6. The Morgan fingerprint density at radius 3 is 2.75 bits per heavy atom. The highest BCUT2D eigenvalue weighted by Gasteiger charge is 2.20. The zero-order valence-electron chi connectivity index (χ0n) is 10.5. The highest BCUT2D eigenvalue weighted by atomic mass is 14.9. The fourth-order valence-corrected chi connectivity index (χ4v) is 2.71. The van der Waals surface area contributed by atoms with Gasteiger partial charge in [-0.15, -0.1) is 0 Å². The van der Waals surface area contributed by atoms with Gasteiger partial charge in [-0.1, -0.05) is 38.1 Å². The number of piperidine rings is 1. The lowest BCUT2D eigenvalue weighted by Gasteiger charge is -2.28. The maximum Gasteiger partial charge on any atom is -0.00461 e. The molecule has 1 atom stereocenters. The van der Waals surface area contributed by atoms with Crippen LogP contribution in [0.5, 0.6) is 0 Å². The van der Waals surface area contributed by atoms with Crippen LogP contribution in [0.25, 0.3) is 0 Å². The van der Waals surface area contributed by atoms with Crippen LogP contribution in [0.2, 0.25) is 0 Å². The van der Waals surface area contributed by atoms with Crippen LogP contribution in [0, 0.1) is 5.92 Å². The van der Waals surface area contributed by atoms with E-state index in [9.17, 15) is 0 Å². The summed E-state index contributed by atoms with van der Waals surface area (Å²) in [6, 6.07) is 9.14. The average molecular weight is 217 g/mol. The Morgan fingerprint density at radius 1 is 1.31 bits per heavy atom. The third-order valence-electron chi connectivity index (χ3n) is 3.98. The first-order valence-electron chi connectivity index (χ1n) is 6.60. The molecule has 1 heterocycles. The van der Waals surface area contributed by atoms with Crippen molar-refractivity contribution in [1.82, 2.24) is 5.32 Å². The lowest BCUT2D eigenvalue weighted by atomic mass is 9.81. The first-order valence-corrected chi connectivity index (χ1v) is 6.60. The molecular formula is C15H23N. The molecule has 1 saturated heterocycles. The van der Waals surface area contributed by atoms with Gasteiger partial charge >= 0.3 is 0 Å². The average Bonchev–Trinajstić information content (AvgIpc) is 2.39. The molecule has 1 aliphatic heterocycles. The quantitative estimate of drug-likeness (QED) is 0.818. The summed E-state index contributed by atoms with van der Waals surface area (Å²) in [6.07, 6.45) is 3.81. The van der Waals surface area contributed by atoms with E-state index >= 15 is 0 Å². The summed E-state index contributed by atoms with van der Waals surface area (Å²) in [5, 5.41) is 3.44. The Kier molecular flexibility index (Phi) is 4.00. The summed E-state index contributed by atoms with van der Waals surface area (Å²) in [5.41, 5.74) is 3.00. The van der Waals surface area contributed by atoms with Crippen LogP contribution < -0.4 is 5.32 Å². The number of hydrogen-bond acceptors (Lipinski definition) is 1. The maximum atomic E-state index is 3.44. The first-order chi connectivity index (χ1) is 7.81. The van der Waals surface area contributed by atoms with Crippen molar-refractivity contribution >= 4 is 0 Å². The Bertz CT molecular complexity index is 326. The fraction of sp³-hybridized carbons (Fsp3) is 0.600. The third kappa shape index (κ3) is 2.65. The van der Waals surface area contributed by atoms with Crippen molar-refractivity contribution in [3.05, 3.63) is 35.4 Å². The fourth-order valence-electron chi connectivity index (χ4n) is 2.71. The van der Waals surface area contributed by atoms with E-state index in [1.807, 2.05) is 0 Å². The molecule has 1 heteroatoms. The molecular weight excluding hydrogens is 194 g/mol. The van der Waals surface area contributed by atoms with Crippen molar-refractivity contribution in [1.29, 1.82) is 0 Å². The topological polar surface area (TPSA) is 12.0 Å². The summed E-state index contributed by atoms with van der Waals surface area (Å²) >= 11 is 0. The van der Waals surface area contributed by atoms with Crippen LogP contribution in [0.3, 0.4) is 0 Å². The van der Waals surface area contributed by atoms with Crippen LogP contribution in [-0.4, -0.2) is 13.1 Å². The van der Waals surface area contributed by atoms with Gasteiger partial charge in [-0.3, -0.25) is 0 Å². The zero-order valence-corrected chi connectivity index (χ0v) is 10.5. The van der Waals surface area contributed by atoms with Crippen molar-refractivity contribution in [2.45, 2.75) is 39.0 Å². The molecule has 1 N–H and O–H groups in total. The molecule has 1 unspecified atom stereocenters. The van der Waals surface area contributed by atoms with Crippen LogP contribution in [-0.2, 0) is 6.42 Å². The Hall–Kier alpha value is -0.820. The van der Waals surface area contributed by atoms with Gasteiger partial charge < -0.3 is 5.32 Å². The molecule has 0 bridgehead atoms. The molecule has 1 fully saturated rings. The predicted molar refractivity (Wildman–Crippen MR) is 69.8 cm³/mol. The summed E-state index contributed by atoms with van der Waals surface area (Å²) in [5.74, 6) is 1.59. The lowest BCUT2D eigenvalue weighted by molar-refractivity contribution is 0.330. The minimum Gasteiger partial charge on any atom is -0.317 e. The Balaban J connectivity index is 2.09. The maximum absolute atomic E-state index is 3.44. The van der Waals surface area contributed by atoms with Gasteiger partial charge in [0.1, 0.15) is 0 Å². The van der Waals surface area contributed by atoms with Gasteiger partial charge in [0.25, 0.3) is 0 Å². The van der Waals surface area contributed by atoms with Crippen molar-refractivity contribution in [2.75, 3.05) is 13.1 Å². The van der Waals surface area contributed by atoms with Crippen LogP contribution in [0.1, 0.15) is 43.7 Å². The van der Waals surface area contributed by atoms with Crippen molar-refractivity contribution in [3.8, 4) is 0 Å². The van der Waals surface area contributed by atoms with Gasteiger partial charge in [0.2, 0.25) is 0 Å². The molecule has 88 valence electrons. The third-order valence-corrected chi connectivity index (χ3v) is 3.98. The molecule has 0 aromatic heterocycles. The molecule has 0 aliphatic carbocycles. The highest BCUT2D eigenvalue weighted by molar-refractivity contribution is 5.26. The van der Waals surface area contributed by atoms with Gasteiger partial charge in [0.15, 0.2) is 0 Å². The van der Waals surface area contributed by atoms with E-state index < -0.39 is 0 Å². The van der Waals surface area contributed by atoms with Gasteiger partial charge in [-0.2, -0.15) is 0 Å². The van der Waals surface area contributed by atoms with E-state index in [-0.39, 0.29) is 0 Å². The monoisotopic (exact) mass is 217 g/mol. The van der Waals surface area contributed by atoms with Crippen LogP contribution in [0.15, 0.2) is 24.3 Å². The van der Waals surface area contributed by atoms with Gasteiger partial charge in [0.05, 0.1) is 0 Å². The number of benzene rings is 1. The second-order valence-corrected chi connectivity index (χ2v) is 4.97. The van der Waals surface area contributed by atoms with E-state index in [4.69, 9.17) is 0 Å². The molecule has 1 aliphatic rings. The number of aryl methyl sites for hydroxylation is 1. The van der Waals surface area contributed by atoms with Crippen molar-refractivity contribution in [3.63, 3.8) is 0 Å². The standard InChI is InChI=1S/C15H23N/c1-3-13-5-4-6-15(11-13)12(2)14-7-9-16-10-8-14/h4-6,11-12,14,16H,3,7-10H2,1-2H3. The van der Waals surface area contributed by atoms with E-state index in [1.54, 1.807) is 0 Å². The van der Waals surface area contributed by atoms with E-state index in [0.29, 0.717) is 5.92 Å². The minimum absolute atomic E-state index is 0.716. The van der Waals surface area contributed by atoms with E-state index in [1.165, 1.54) is 37.1 Å². The molecule has 1 aromatic carbocycles. The lowest BCUT2D eigenvalue weighted by Crippen LogP contribution is -2.30. The molecule has 0 saturated carbocycles. The van der Waals surface area contributed by atoms with Gasteiger partial charge in [-0.25, -0.2) is 0 Å². The molecule has 1 aromatic rings. The Morgan fingerprint density at radius 2 is 2.06 bits per heavy atom. The molecule has 0 spiro atoms. The minimum atomic E-state index is 0.716. The number of rotatable bonds is 3.